The fourth-order valence-electron chi connectivity index (χ4n) is 4.36. The molecular weight excluding hydrogens is 533 g/mol. The van der Waals surface area contributed by atoms with Crippen molar-refractivity contribution >= 4 is 33.1 Å². The molecule has 39 heavy (non-hydrogen) atoms. The van der Waals surface area contributed by atoms with E-state index >= 15 is 0 Å². The molecule has 4 rings (SSSR count). The van der Waals surface area contributed by atoms with Crippen LogP contribution in [0.1, 0.15) is 53.6 Å². The van der Waals surface area contributed by atoms with Crippen LogP contribution in [0.5, 0.6) is 0 Å². The summed E-state index contributed by atoms with van der Waals surface area (Å²) in [6.45, 7) is 8.92. The highest BCUT2D eigenvalue weighted by atomic mass is 32.2. The molecule has 0 atom stereocenters. The maximum atomic E-state index is 13.2. The zero-order valence-electron chi connectivity index (χ0n) is 22.4. The van der Waals surface area contributed by atoms with Crippen LogP contribution in [0.3, 0.4) is 0 Å². The number of amides is 1. The van der Waals surface area contributed by atoms with Crippen molar-refractivity contribution < 1.29 is 26.4 Å². The number of sulfonamides is 1. The number of anilines is 1. The Labute approximate surface area is 225 Å². The standard InChI is InChI=1S/C26H31F3N6O3S/c1-6-21-23(33-15-18(5)17(4)13-22(33)31-21)25(36)30-14-19-7-9-20(10-8-19)34-11-12-35(24(32-34)16(2)3)39(37,38)26(27,28)29/h7-10,13,15-16H,6,11-12,14H2,1-5H3,(H,30,36). The summed E-state index contributed by atoms with van der Waals surface area (Å²) >= 11 is 0. The molecular formula is C26H31F3N6O3S. The lowest BCUT2D eigenvalue weighted by Crippen LogP contribution is -2.52. The fourth-order valence-corrected chi connectivity index (χ4v) is 5.42. The molecule has 0 bridgehead atoms. The molecule has 1 aliphatic heterocycles. The van der Waals surface area contributed by atoms with Gasteiger partial charge >= 0.3 is 15.5 Å². The predicted molar refractivity (Wildman–Crippen MR) is 143 cm³/mol. The van der Waals surface area contributed by atoms with Gasteiger partial charge in [-0.05, 0) is 55.2 Å². The van der Waals surface area contributed by atoms with E-state index in [-0.39, 0.29) is 31.4 Å². The van der Waals surface area contributed by atoms with Crippen molar-refractivity contribution in [3.05, 3.63) is 64.6 Å². The van der Waals surface area contributed by atoms with Crippen LogP contribution in [0.2, 0.25) is 0 Å². The number of alkyl halides is 3. The lowest BCUT2D eigenvalue weighted by molar-refractivity contribution is -0.0473. The summed E-state index contributed by atoms with van der Waals surface area (Å²) < 4.78 is 65.7. The van der Waals surface area contributed by atoms with Crippen LogP contribution in [0.4, 0.5) is 18.9 Å². The molecule has 2 aromatic heterocycles. The van der Waals surface area contributed by atoms with Crippen molar-refractivity contribution in [2.45, 2.75) is 53.1 Å². The molecule has 0 radical (unpaired) electrons. The van der Waals surface area contributed by atoms with Crippen LogP contribution in [0.25, 0.3) is 5.65 Å². The van der Waals surface area contributed by atoms with Gasteiger partial charge in [0, 0.05) is 18.7 Å². The van der Waals surface area contributed by atoms with E-state index in [1.165, 1.54) is 5.01 Å². The molecule has 0 fully saturated rings. The first-order chi connectivity index (χ1) is 18.2. The number of aromatic nitrogens is 2. The van der Waals surface area contributed by atoms with E-state index in [2.05, 4.69) is 15.4 Å². The Balaban J connectivity index is 1.50. The van der Waals surface area contributed by atoms with Gasteiger partial charge in [0.25, 0.3) is 5.91 Å². The molecule has 0 aliphatic carbocycles. The second-order valence-corrected chi connectivity index (χ2v) is 11.6. The molecule has 1 amide bonds. The summed E-state index contributed by atoms with van der Waals surface area (Å²) in [6, 6.07) is 8.97. The average Bonchev–Trinajstić information content (AvgIpc) is 3.24. The van der Waals surface area contributed by atoms with E-state index in [0.717, 1.165) is 16.7 Å². The lowest BCUT2D eigenvalue weighted by Gasteiger charge is -2.35. The molecule has 1 aliphatic rings. The third-order valence-corrected chi connectivity index (χ3v) is 8.17. The van der Waals surface area contributed by atoms with E-state index in [1.807, 2.05) is 37.4 Å². The number of hydrogen-bond donors (Lipinski definition) is 1. The number of hydrogen-bond acceptors (Lipinski definition) is 6. The highest BCUT2D eigenvalue weighted by Gasteiger charge is 2.52. The van der Waals surface area contributed by atoms with Crippen molar-refractivity contribution in [3.8, 4) is 0 Å². The van der Waals surface area contributed by atoms with Gasteiger partial charge in [-0.2, -0.15) is 26.7 Å². The molecule has 210 valence electrons. The summed E-state index contributed by atoms with van der Waals surface area (Å²) in [4.78, 5) is 17.7. The van der Waals surface area contributed by atoms with E-state index in [4.69, 9.17) is 0 Å². The van der Waals surface area contributed by atoms with Crippen molar-refractivity contribution in [1.82, 2.24) is 19.0 Å². The van der Waals surface area contributed by atoms with Crippen molar-refractivity contribution in [1.29, 1.82) is 0 Å². The second-order valence-electron chi connectivity index (χ2n) is 9.74. The number of fused-ring (bicyclic) bond motifs is 1. The van der Waals surface area contributed by atoms with Gasteiger partial charge in [-0.25, -0.2) is 9.29 Å². The summed E-state index contributed by atoms with van der Waals surface area (Å²) in [5, 5.41) is 8.65. The van der Waals surface area contributed by atoms with Gasteiger partial charge in [0.05, 0.1) is 24.5 Å². The first-order valence-electron chi connectivity index (χ1n) is 12.5. The van der Waals surface area contributed by atoms with E-state index in [9.17, 15) is 26.4 Å². The number of nitrogens with one attached hydrogen (secondary N) is 1. The SMILES string of the molecule is CCc1nc2cc(C)c(C)cn2c1C(=O)NCc1ccc(N2CCN(S(=O)(=O)C(F)(F)F)C(C(C)C)=N2)cc1. The summed E-state index contributed by atoms with van der Waals surface area (Å²) in [6.07, 6.45) is 2.51. The van der Waals surface area contributed by atoms with Crippen molar-refractivity contribution in [2.75, 3.05) is 18.1 Å². The van der Waals surface area contributed by atoms with Gasteiger partial charge < -0.3 is 5.32 Å². The van der Waals surface area contributed by atoms with Gasteiger partial charge in [-0.1, -0.05) is 32.9 Å². The smallest absolute Gasteiger partial charge is 0.347 e. The van der Waals surface area contributed by atoms with E-state index in [0.29, 0.717) is 33.4 Å². The molecule has 13 heteroatoms. The number of pyridine rings is 1. The van der Waals surface area contributed by atoms with Gasteiger partial charge in [0.15, 0.2) is 0 Å². The van der Waals surface area contributed by atoms with Gasteiger partial charge in [-0.15, -0.1) is 0 Å². The third-order valence-electron chi connectivity index (χ3n) is 6.63. The minimum absolute atomic E-state index is 0.0470. The third kappa shape index (κ3) is 5.45. The van der Waals surface area contributed by atoms with Crippen molar-refractivity contribution in [3.63, 3.8) is 0 Å². The number of imidazole rings is 1. The molecule has 0 saturated heterocycles. The molecule has 0 saturated carbocycles. The maximum Gasteiger partial charge on any atom is 0.516 e. The number of carbonyl (C=O) groups is 1. The topological polar surface area (TPSA) is 99.4 Å². The minimum atomic E-state index is -5.53. The molecule has 3 heterocycles. The summed E-state index contributed by atoms with van der Waals surface area (Å²) in [5.74, 6) is -0.986. The zero-order valence-corrected chi connectivity index (χ0v) is 23.2. The number of nitrogens with zero attached hydrogens (tertiary/aromatic N) is 5. The maximum absolute atomic E-state index is 13.2. The Morgan fingerprint density at radius 3 is 2.36 bits per heavy atom. The molecule has 1 N–H and O–H groups in total. The van der Waals surface area contributed by atoms with Crippen LogP contribution in [-0.2, 0) is 23.0 Å². The first-order valence-corrected chi connectivity index (χ1v) is 14.0. The monoisotopic (exact) mass is 564 g/mol. The number of benzene rings is 1. The van der Waals surface area contributed by atoms with Gasteiger partial charge in [0.1, 0.15) is 17.2 Å². The fraction of sp³-hybridized carbons (Fsp3) is 0.423. The van der Waals surface area contributed by atoms with E-state index in [1.54, 1.807) is 38.1 Å². The number of rotatable bonds is 7. The number of carbonyl (C=O) groups excluding carboxylic acids is 1. The Kier molecular flexibility index (Phi) is 7.66. The first kappa shape index (κ1) is 28.4. The van der Waals surface area contributed by atoms with Crippen LogP contribution < -0.4 is 10.3 Å². The van der Waals surface area contributed by atoms with Crippen LogP contribution >= 0.6 is 0 Å². The molecule has 3 aromatic rings. The Hall–Kier alpha value is -3.61. The number of hydrazone groups is 1. The Morgan fingerprint density at radius 1 is 1.10 bits per heavy atom. The summed E-state index contributed by atoms with van der Waals surface area (Å²) in [7, 11) is -5.53. The molecule has 9 nitrogen and oxygen atoms in total. The predicted octanol–water partition coefficient (Wildman–Crippen LogP) is 4.38. The largest absolute Gasteiger partial charge is 0.516 e. The zero-order chi connectivity index (χ0) is 28.7. The molecule has 1 aromatic carbocycles. The number of aryl methyl sites for hydroxylation is 3. The average molecular weight is 565 g/mol. The molecule has 0 unspecified atom stereocenters. The van der Waals surface area contributed by atoms with E-state index < -0.39 is 21.4 Å². The molecule has 0 spiro atoms. The normalized spacial score (nSPS) is 14.7. The van der Waals surface area contributed by atoms with Gasteiger partial charge in [0.2, 0.25) is 0 Å². The number of halogens is 3. The Morgan fingerprint density at radius 2 is 1.77 bits per heavy atom. The second kappa shape index (κ2) is 10.5. The van der Waals surface area contributed by atoms with Crippen molar-refractivity contribution in [2.24, 2.45) is 11.0 Å². The highest BCUT2D eigenvalue weighted by Crippen LogP contribution is 2.30. The van der Waals surface area contributed by atoms with Crippen LogP contribution in [0, 0.1) is 19.8 Å². The minimum Gasteiger partial charge on any atom is -0.347 e. The quantitative estimate of drug-likeness (QED) is 0.459. The van der Waals surface area contributed by atoms with Crippen LogP contribution in [0.15, 0.2) is 41.6 Å². The van der Waals surface area contributed by atoms with Crippen LogP contribution in [-0.4, -0.2) is 52.4 Å². The number of amidine groups is 1. The Bertz CT molecular complexity index is 1530. The highest BCUT2D eigenvalue weighted by molar-refractivity contribution is 7.90. The summed E-state index contributed by atoms with van der Waals surface area (Å²) in [5.41, 5.74) is 0.0467. The van der Waals surface area contributed by atoms with Gasteiger partial charge in [-0.3, -0.25) is 14.2 Å². The lowest BCUT2D eigenvalue weighted by atomic mass is 10.1.